The molecular weight excluding hydrogens is 603 g/mol. The van der Waals surface area contributed by atoms with E-state index < -0.39 is 57.7 Å². The number of carboxylic acid groups (broad SMARTS) is 1. The van der Waals surface area contributed by atoms with Crippen LogP contribution in [-0.4, -0.2) is 50.1 Å². The number of ether oxygens (including phenoxy) is 1. The molecule has 0 unspecified atom stereocenters. The number of esters is 1. The molecule has 232 valence electrons. The van der Waals surface area contributed by atoms with Crippen molar-refractivity contribution in [1.29, 1.82) is 0 Å². The average Bonchev–Trinajstić information content (AvgIpc) is 2.94. The van der Waals surface area contributed by atoms with Crippen LogP contribution in [0.2, 0.25) is 0 Å². The molecule has 42 heavy (non-hydrogen) atoms. The van der Waals surface area contributed by atoms with Gasteiger partial charge in [-0.05, 0) is 61.9 Å². The number of aliphatic carboxylic acids is 1. The molecule has 1 aliphatic carbocycles. The molecule has 0 bridgehead atoms. The van der Waals surface area contributed by atoms with Gasteiger partial charge in [0.2, 0.25) is 15.9 Å². The largest absolute Gasteiger partial charge is 0.480 e. The molecule has 0 saturated heterocycles. The van der Waals surface area contributed by atoms with Crippen LogP contribution < -0.4 is 15.8 Å². The highest BCUT2D eigenvalue weighted by Gasteiger charge is 2.33. The highest BCUT2D eigenvalue weighted by atomic mass is 35.5. The van der Waals surface area contributed by atoms with Crippen molar-refractivity contribution in [3.63, 3.8) is 0 Å². The standard InChI is InChI=1S/C27H32F3N3O7S.ClH/c28-27(29,30)19-8-12-21(13-9-19)41(38,39)33-20-10-6-18(7-11-20)25(35)32-23(17-4-2-1-3-5-17)16-40-24(34)15-14-22(31)26(36)37;/h1-5,8-9,12-13,18,20,22-23,33H,6-7,10-11,14-16,31H2,(H,32,35)(H,36,37);1H/t18?,20?,22-,23-;/m1./s1. The smallest absolute Gasteiger partial charge is 0.416 e. The van der Waals surface area contributed by atoms with Gasteiger partial charge in [-0.2, -0.15) is 13.2 Å². The van der Waals surface area contributed by atoms with E-state index in [0.29, 0.717) is 43.4 Å². The van der Waals surface area contributed by atoms with E-state index in [1.54, 1.807) is 30.3 Å². The highest BCUT2D eigenvalue weighted by Crippen LogP contribution is 2.30. The van der Waals surface area contributed by atoms with Crippen molar-refractivity contribution >= 4 is 40.3 Å². The summed E-state index contributed by atoms with van der Waals surface area (Å²) in [4.78, 5) is 35.8. The Hall–Kier alpha value is -3.20. The van der Waals surface area contributed by atoms with E-state index in [9.17, 15) is 36.0 Å². The number of benzene rings is 2. The number of halogens is 4. The van der Waals surface area contributed by atoms with Crippen LogP contribution in [0, 0.1) is 5.92 Å². The normalized spacial score (nSPS) is 18.7. The van der Waals surface area contributed by atoms with E-state index in [1.165, 1.54) is 0 Å². The molecule has 1 amide bonds. The first kappa shape index (κ1) is 35.0. The predicted octanol–water partition coefficient (Wildman–Crippen LogP) is 3.56. The van der Waals surface area contributed by atoms with Crippen LogP contribution in [0.15, 0.2) is 59.5 Å². The molecule has 0 aromatic heterocycles. The Labute approximate surface area is 247 Å². The monoisotopic (exact) mass is 635 g/mol. The van der Waals surface area contributed by atoms with Crippen LogP contribution >= 0.6 is 12.4 Å². The van der Waals surface area contributed by atoms with Gasteiger partial charge in [0.05, 0.1) is 16.5 Å². The molecule has 3 rings (SSSR count). The van der Waals surface area contributed by atoms with Gasteiger partial charge in [-0.3, -0.25) is 14.4 Å². The molecule has 1 saturated carbocycles. The van der Waals surface area contributed by atoms with Crippen molar-refractivity contribution in [2.24, 2.45) is 11.7 Å². The molecule has 0 aliphatic heterocycles. The van der Waals surface area contributed by atoms with Crippen LogP contribution in [0.3, 0.4) is 0 Å². The molecule has 5 N–H and O–H groups in total. The van der Waals surface area contributed by atoms with Crippen LogP contribution in [0.1, 0.15) is 55.7 Å². The first-order valence-electron chi connectivity index (χ1n) is 12.9. The number of carboxylic acids is 1. The van der Waals surface area contributed by atoms with Crippen molar-refractivity contribution in [3.05, 3.63) is 65.7 Å². The lowest BCUT2D eigenvalue weighted by atomic mass is 9.85. The Bertz CT molecular complexity index is 1300. The van der Waals surface area contributed by atoms with Gasteiger partial charge >= 0.3 is 18.1 Å². The SMILES string of the molecule is Cl.N[C@H](CCC(=O)OC[C@@H](NC(=O)C1CCC(NS(=O)(=O)c2ccc(C(F)(F)F)cc2)CC1)c1ccccc1)C(=O)O. The Morgan fingerprint density at radius 1 is 1.00 bits per heavy atom. The number of alkyl halides is 3. The predicted molar refractivity (Wildman–Crippen MR) is 148 cm³/mol. The number of hydrogen-bond donors (Lipinski definition) is 4. The van der Waals surface area contributed by atoms with E-state index >= 15 is 0 Å². The number of carbonyl (C=O) groups excluding carboxylic acids is 2. The van der Waals surface area contributed by atoms with Crippen molar-refractivity contribution in [2.75, 3.05) is 6.61 Å². The molecule has 2 atom stereocenters. The Balaban J connectivity index is 0.00000616. The Kier molecular flexibility index (Phi) is 12.8. The minimum absolute atomic E-state index is 0. The van der Waals surface area contributed by atoms with Gasteiger partial charge in [0, 0.05) is 18.4 Å². The first-order valence-corrected chi connectivity index (χ1v) is 14.4. The van der Waals surface area contributed by atoms with Crippen LogP contribution in [0.5, 0.6) is 0 Å². The third-order valence-corrected chi connectivity index (χ3v) is 8.35. The number of hydrogen-bond acceptors (Lipinski definition) is 7. The second-order valence-corrected chi connectivity index (χ2v) is 11.5. The molecular formula is C27H33ClF3N3O7S. The summed E-state index contributed by atoms with van der Waals surface area (Å²) in [5.41, 5.74) is 5.15. The fraction of sp³-hybridized carbons (Fsp3) is 0.444. The van der Waals surface area contributed by atoms with Crippen molar-refractivity contribution in [2.45, 2.75) is 67.7 Å². The molecule has 1 aliphatic rings. The summed E-state index contributed by atoms with van der Waals surface area (Å²) in [6, 6.07) is 9.69. The summed E-state index contributed by atoms with van der Waals surface area (Å²) in [7, 11) is -4.05. The third-order valence-electron chi connectivity index (χ3n) is 6.82. The molecule has 0 radical (unpaired) electrons. The lowest BCUT2D eigenvalue weighted by molar-refractivity contribution is -0.146. The van der Waals surface area contributed by atoms with Crippen LogP contribution in [0.4, 0.5) is 13.2 Å². The van der Waals surface area contributed by atoms with Gasteiger partial charge < -0.3 is 20.9 Å². The van der Waals surface area contributed by atoms with Gasteiger partial charge in [0.1, 0.15) is 12.6 Å². The summed E-state index contributed by atoms with van der Waals surface area (Å²) in [5, 5.41) is 11.7. The third kappa shape index (κ3) is 10.3. The van der Waals surface area contributed by atoms with E-state index in [-0.39, 0.29) is 42.7 Å². The van der Waals surface area contributed by atoms with Gasteiger partial charge in [-0.15, -0.1) is 12.4 Å². The minimum Gasteiger partial charge on any atom is -0.480 e. The van der Waals surface area contributed by atoms with Crippen LogP contribution in [-0.2, 0) is 35.3 Å². The second-order valence-electron chi connectivity index (χ2n) is 9.83. The maximum atomic E-state index is 13.1. The summed E-state index contributed by atoms with van der Waals surface area (Å²) in [6.45, 7) is -0.181. The molecule has 10 nitrogen and oxygen atoms in total. The number of nitrogens with two attached hydrogens (primary N) is 1. The fourth-order valence-corrected chi connectivity index (χ4v) is 5.73. The van der Waals surface area contributed by atoms with Gasteiger partial charge in [-0.25, -0.2) is 13.1 Å². The van der Waals surface area contributed by atoms with Gasteiger partial charge in [-0.1, -0.05) is 30.3 Å². The molecule has 1 fully saturated rings. The molecule has 2 aromatic rings. The zero-order chi connectivity index (χ0) is 30.2. The number of carbonyl (C=O) groups is 3. The maximum absolute atomic E-state index is 13.1. The van der Waals surface area contributed by atoms with E-state index in [0.717, 1.165) is 12.1 Å². The Morgan fingerprint density at radius 3 is 2.14 bits per heavy atom. The summed E-state index contributed by atoms with van der Waals surface area (Å²) in [5.74, 6) is -2.61. The Morgan fingerprint density at radius 2 is 1.60 bits per heavy atom. The zero-order valence-electron chi connectivity index (χ0n) is 22.4. The van der Waals surface area contributed by atoms with Crippen molar-refractivity contribution in [1.82, 2.24) is 10.0 Å². The summed E-state index contributed by atoms with van der Waals surface area (Å²) < 4.78 is 71.5. The topological polar surface area (TPSA) is 165 Å². The van der Waals surface area contributed by atoms with Gasteiger partial charge in [0.25, 0.3) is 0 Å². The van der Waals surface area contributed by atoms with E-state index in [1.807, 2.05) is 0 Å². The maximum Gasteiger partial charge on any atom is 0.416 e. The summed E-state index contributed by atoms with van der Waals surface area (Å²) in [6.07, 6.45) is -3.47. The number of amides is 1. The lowest BCUT2D eigenvalue weighted by Crippen LogP contribution is -2.42. The summed E-state index contributed by atoms with van der Waals surface area (Å²) >= 11 is 0. The average molecular weight is 636 g/mol. The lowest BCUT2D eigenvalue weighted by Gasteiger charge is -2.29. The van der Waals surface area contributed by atoms with Crippen molar-refractivity contribution in [3.8, 4) is 0 Å². The first-order chi connectivity index (χ1) is 19.3. The number of nitrogens with one attached hydrogen (secondary N) is 2. The zero-order valence-corrected chi connectivity index (χ0v) is 24.0. The number of rotatable bonds is 12. The van der Waals surface area contributed by atoms with Crippen molar-refractivity contribution < 1.29 is 45.8 Å². The molecule has 0 heterocycles. The minimum atomic E-state index is -4.58. The van der Waals surface area contributed by atoms with Crippen LogP contribution in [0.25, 0.3) is 0 Å². The van der Waals surface area contributed by atoms with E-state index in [4.69, 9.17) is 15.6 Å². The molecule has 2 aromatic carbocycles. The molecule has 15 heteroatoms. The quantitative estimate of drug-likeness (QED) is 0.257. The van der Waals surface area contributed by atoms with E-state index in [2.05, 4.69) is 10.0 Å². The molecule has 0 spiro atoms. The second kappa shape index (κ2) is 15.3. The highest BCUT2D eigenvalue weighted by molar-refractivity contribution is 7.89. The van der Waals surface area contributed by atoms with Gasteiger partial charge in [0.15, 0.2) is 0 Å². The fourth-order valence-electron chi connectivity index (χ4n) is 4.43. The number of sulfonamides is 1.